The molecular formula is C29H38N6O2S. The molecule has 2 aliphatic rings. The highest BCUT2D eigenvalue weighted by Crippen LogP contribution is 2.46. The first-order chi connectivity index (χ1) is 18.2. The van der Waals surface area contributed by atoms with E-state index in [0.29, 0.717) is 18.4 Å². The molecule has 9 heteroatoms. The number of likely N-dealkylation sites (tertiary alicyclic amines) is 1. The van der Waals surface area contributed by atoms with Gasteiger partial charge in [0.05, 0.1) is 18.4 Å². The molecule has 2 N–H and O–H groups in total. The number of rotatable bonds is 4. The quantitative estimate of drug-likeness (QED) is 0.382. The van der Waals surface area contributed by atoms with Gasteiger partial charge in [-0.3, -0.25) is 4.79 Å². The highest BCUT2D eigenvalue weighted by atomic mass is 32.1. The van der Waals surface area contributed by atoms with Crippen molar-refractivity contribution in [2.75, 3.05) is 26.2 Å². The van der Waals surface area contributed by atoms with Crippen molar-refractivity contribution in [2.45, 2.75) is 78.4 Å². The number of ether oxygens (including phenoxy) is 1. The van der Waals surface area contributed by atoms with Gasteiger partial charge < -0.3 is 19.9 Å². The van der Waals surface area contributed by atoms with E-state index in [1.54, 1.807) is 6.33 Å². The molecule has 0 spiro atoms. The molecule has 0 aliphatic carbocycles. The summed E-state index contributed by atoms with van der Waals surface area (Å²) in [6.45, 7) is 16.0. The van der Waals surface area contributed by atoms with Crippen molar-refractivity contribution in [3.05, 3.63) is 39.7 Å². The fourth-order valence-electron chi connectivity index (χ4n) is 6.31. The Morgan fingerprint density at radius 3 is 2.61 bits per heavy atom. The molecule has 2 aliphatic heterocycles. The van der Waals surface area contributed by atoms with E-state index in [4.69, 9.17) is 4.74 Å². The molecule has 2 saturated heterocycles. The Kier molecular flexibility index (Phi) is 6.56. The second-order valence-electron chi connectivity index (χ2n) is 11.4. The average Bonchev–Trinajstić information content (AvgIpc) is 3.61. The Labute approximate surface area is 227 Å². The number of morpholine rings is 1. The van der Waals surface area contributed by atoms with Gasteiger partial charge in [-0.05, 0) is 74.6 Å². The average molecular weight is 535 g/mol. The van der Waals surface area contributed by atoms with Crippen LogP contribution in [0.5, 0.6) is 0 Å². The number of thiophene rings is 1. The molecule has 0 bridgehead atoms. The predicted octanol–water partition coefficient (Wildman–Crippen LogP) is 5.07. The lowest BCUT2D eigenvalue weighted by molar-refractivity contribution is -0.138. The maximum atomic E-state index is 13.0. The summed E-state index contributed by atoms with van der Waals surface area (Å²) in [6.07, 6.45) is 5.92. The van der Waals surface area contributed by atoms with Crippen LogP contribution in [0.1, 0.15) is 72.6 Å². The summed E-state index contributed by atoms with van der Waals surface area (Å²) in [5, 5.41) is 9.16. The second-order valence-corrected chi connectivity index (χ2v) is 12.4. The number of hydrogen-bond acceptors (Lipinski definition) is 6. The fourth-order valence-corrected chi connectivity index (χ4v) is 7.71. The summed E-state index contributed by atoms with van der Waals surface area (Å²) >= 11 is 1.90. The molecule has 0 aromatic carbocycles. The Bertz CT molecular complexity index is 1500. The Morgan fingerprint density at radius 1 is 1.16 bits per heavy atom. The summed E-state index contributed by atoms with van der Waals surface area (Å²) in [4.78, 5) is 26.1. The number of carbonyl (C=O) groups is 1. The van der Waals surface area contributed by atoms with Crippen molar-refractivity contribution in [1.29, 1.82) is 0 Å². The number of H-pyrrole nitrogens is 1. The lowest BCUT2D eigenvalue weighted by Crippen LogP contribution is -2.55. The zero-order valence-electron chi connectivity index (χ0n) is 23.2. The third kappa shape index (κ3) is 4.15. The molecule has 6 rings (SSSR count). The normalized spacial score (nSPS) is 21.3. The van der Waals surface area contributed by atoms with Gasteiger partial charge in [0.25, 0.3) is 0 Å². The molecule has 38 heavy (non-hydrogen) atoms. The summed E-state index contributed by atoms with van der Waals surface area (Å²) in [5.41, 5.74) is 8.48. The molecule has 0 saturated carbocycles. The van der Waals surface area contributed by atoms with Crippen LogP contribution in [0.3, 0.4) is 0 Å². The van der Waals surface area contributed by atoms with Gasteiger partial charge in [0, 0.05) is 41.7 Å². The lowest BCUT2D eigenvalue weighted by atomic mass is 9.89. The van der Waals surface area contributed by atoms with E-state index in [1.807, 2.05) is 27.7 Å². The Balaban J connectivity index is 1.28. The van der Waals surface area contributed by atoms with Crippen molar-refractivity contribution in [3.63, 3.8) is 0 Å². The molecule has 0 radical (unpaired) electrons. The maximum Gasteiger partial charge on any atom is 0.242 e. The van der Waals surface area contributed by atoms with E-state index in [1.165, 1.54) is 43.0 Å². The standard InChI is InChI=1S/C29H38N6O2S/c1-15(2)23-24-19(6)26(20-7-9-34(10-8-20)29(36)22-13-37-16(3)11-30-22)38-28(24)33-25(23)21-12-35-27(31-14-32-35)18(5)17(21)4/h12,14-16,20,22,30,33H,7-11,13H2,1-6H3/t16-,22-/m1/s1. The van der Waals surface area contributed by atoms with E-state index in [9.17, 15) is 4.79 Å². The summed E-state index contributed by atoms with van der Waals surface area (Å²) in [6, 6.07) is -0.208. The molecule has 4 aromatic heterocycles. The first kappa shape index (κ1) is 25.5. The van der Waals surface area contributed by atoms with Crippen LogP contribution in [-0.4, -0.2) is 68.8 Å². The highest BCUT2D eigenvalue weighted by Gasteiger charge is 2.33. The van der Waals surface area contributed by atoms with E-state index >= 15 is 0 Å². The van der Waals surface area contributed by atoms with Crippen LogP contribution in [0.15, 0.2) is 12.5 Å². The SMILES string of the molecule is Cc1c(-c2[nH]c3sc(C4CCN(C(=O)[C@H]5CO[C@H](C)CN5)CC4)c(C)c3c2C(C)C)cn2ncnc2c1C. The molecule has 4 aromatic rings. The number of piperidine rings is 1. The zero-order valence-corrected chi connectivity index (χ0v) is 24.0. The van der Waals surface area contributed by atoms with Gasteiger partial charge in [0.15, 0.2) is 5.65 Å². The topological polar surface area (TPSA) is 87.5 Å². The predicted molar refractivity (Wildman–Crippen MR) is 152 cm³/mol. The first-order valence-corrected chi connectivity index (χ1v) is 14.6. The minimum atomic E-state index is -0.208. The van der Waals surface area contributed by atoms with Crippen LogP contribution < -0.4 is 5.32 Å². The monoisotopic (exact) mass is 534 g/mol. The van der Waals surface area contributed by atoms with Crippen LogP contribution in [0, 0.1) is 20.8 Å². The summed E-state index contributed by atoms with van der Waals surface area (Å²) in [7, 11) is 0. The van der Waals surface area contributed by atoms with E-state index in [-0.39, 0.29) is 18.1 Å². The van der Waals surface area contributed by atoms with Gasteiger partial charge in [-0.25, -0.2) is 9.50 Å². The van der Waals surface area contributed by atoms with Gasteiger partial charge in [0.2, 0.25) is 5.91 Å². The number of fused-ring (bicyclic) bond motifs is 2. The molecule has 202 valence electrons. The van der Waals surface area contributed by atoms with Gasteiger partial charge in [-0.1, -0.05) is 13.8 Å². The smallest absolute Gasteiger partial charge is 0.242 e. The molecule has 2 fully saturated rings. The van der Waals surface area contributed by atoms with Gasteiger partial charge >= 0.3 is 0 Å². The Morgan fingerprint density at radius 2 is 1.92 bits per heavy atom. The lowest BCUT2D eigenvalue weighted by Gasteiger charge is -2.36. The largest absolute Gasteiger partial charge is 0.375 e. The minimum absolute atomic E-state index is 0.172. The van der Waals surface area contributed by atoms with Crippen LogP contribution in [-0.2, 0) is 9.53 Å². The van der Waals surface area contributed by atoms with Crippen LogP contribution in [0.25, 0.3) is 27.1 Å². The van der Waals surface area contributed by atoms with Crippen LogP contribution >= 0.6 is 11.3 Å². The van der Waals surface area contributed by atoms with E-state index < -0.39 is 0 Å². The number of aromatic amines is 1. The molecule has 8 nitrogen and oxygen atoms in total. The Hall–Kier alpha value is -2.75. The van der Waals surface area contributed by atoms with Crippen molar-refractivity contribution < 1.29 is 9.53 Å². The first-order valence-electron chi connectivity index (χ1n) is 13.8. The molecular weight excluding hydrogens is 496 g/mol. The number of hydrogen-bond donors (Lipinski definition) is 2. The van der Waals surface area contributed by atoms with Crippen LogP contribution in [0.2, 0.25) is 0 Å². The minimum Gasteiger partial charge on any atom is -0.375 e. The van der Waals surface area contributed by atoms with Crippen molar-refractivity contribution >= 4 is 33.1 Å². The van der Waals surface area contributed by atoms with Gasteiger partial charge in [-0.2, -0.15) is 5.10 Å². The van der Waals surface area contributed by atoms with E-state index in [2.05, 4.69) is 61.2 Å². The van der Waals surface area contributed by atoms with Crippen molar-refractivity contribution in [1.82, 2.24) is 29.8 Å². The van der Waals surface area contributed by atoms with Gasteiger partial charge in [0.1, 0.15) is 17.2 Å². The number of nitrogens with zero attached hydrogens (tertiary/aromatic N) is 4. The second kappa shape index (κ2) is 9.77. The van der Waals surface area contributed by atoms with E-state index in [0.717, 1.165) is 43.7 Å². The summed E-state index contributed by atoms with van der Waals surface area (Å²) in [5.74, 6) is 1.05. The summed E-state index contributed by atoms with van der Waals surface area (Å²) < 4.78 is 7.60. The molecule has 1 amide bonds. The number of carbonyl (C=O) groups excluding carboxylic acids is 1. The number of aryl methyl sites for hydroxylation is 2. The van der Waals surface area contributed by atoms with Crippen molar-refractivity contribution in [3.8, 4) is 11.3 Å². The van der Waals surface area contributed by atoms with Crippen LogP contribution in [0.4, 0.5) is 0 Å². The number of aromatic nitrogens is 4. The fraction of sp³-hybridized carbons (Fsp3) is 0.552. The zero-order chi connectivity index (χ0) is 26.7. The molecule has 0 unspecified atom stereocenters. The highest BCUT2D eigenvalue weighted by molar-refractivity contribution is 7.19. The molecule has 2 atom stereocenters. The number of amides is 1. The maximum absolute atomic E-state index is 13.0. The van der Waals surface area contributed by atoms with Gasteiger partial charge in [-0.15, -0.1) is 11.3 Å². The number of nitrogens with one attached hydrogen (secondary N) is 2. The third-order valence-corrected chi connectivity index (χ3v) is 9.98. The third-order valence-electron chi connectivity index (χ3n) is 8.61. The van der Waals surface area contributed by atoms with Crippen molar-refractivity contribution in [2.24, 2.45) is 0 Å². The number of pyridine rings is 1. The molecule has 6 heterocycles.